The van der Waals surface area contributed by atoms with Crippen molar-refractivity contribution in [2.24, 2.45) is 0 Å². The maximum atomic E-state index is 11.8. The van der Waals surface area contributed by atoms with Crippen molar-refractivity contribution in [2.75, 3.05) is 7.11 Å². The number of hydrogen-bond donors (Lipinski definition) is 1. The van der Waals surface area contributed by atoms with Crippen molar-refractivity contribution in [2.45, 2.75) is 12.5 Å². The van der Waals surface area contributed by atoms with Crippen LogP contribution in [0.2, 0.25) is 0 Å². The number of ketones is 1. The summed E-state index contributed by atoms with van der Waals surface area (Å²) < 4.78 is 5.14. The molecule has 15 heavy (non-hydrogen) atoms. The van der Waals surface area contributed by atoms with Gasteiger partial charge in [-0.25, -0.2) is 0 Å². The second-order valence-electron chi connectivity index (χ2n) is 3.73. The molecule has 0 amide bonds. The molecule has 1 aliphatic carbocycles. The van der Waals surface area contributed by atoms with Crippen LogP contribution in [0.1, 0.15) is 22.8 Å². The van der Waals surface area contributed by atoms with Crippen molar-refractivity contribution in [3.8, 4) is 5.75 Å². The fourth-order valence-corrected chi connectivity index (χ4v) is 1.69. The molecule has 0 bridgehead atoms. The number of fused-ring (bicyclic) bond motifs is 1. The molecule has 0 saturated carbocycles. The Balaban J connectivity index is 2.63. The Kier molecular flexibility index (Phi) is 2.12. The van der Waals surface area contributed by atoms with Gasteiger partial charge in [-0.2, -0.15) is 0 Å². The van der Waals surface area contributed by atoms with Crippen LogP contribution in [0.4, 0.5) is 0 Å². The molecule has 0 radical (unpaired) electrons. The highest BCUT2D eigenvalue weighted by Crippen LogP contribution is 2.31. The molecule has 3 nitrogen and oxygen atoms in total. The van der Waals surface area contributed by atoms with Crippen molar-refractivity contribution in [3.63, 3.8) is 0 Å². The molecule has 1 atom stereocenters. The van der Waals surface area contributed by atoms with Gasteiger partial charge in [0, 0.05) is 11.1 Å². The van der Waals surface area contributed by atoms with E-state index in [-0.39, 0.29) is 5.78 Å². The topological polar surface area (TPSA) is 46.5 Å². The Morgan fingerprint density at radius 3 is 2.80 bits per heavy atom. The molecule has 0 fully saturated rings. The lowest BCUT2D eigenvalue weighted by Crippen LogP contribution is -2.35. The fourth-order valence-electron chi connectivity index (χ4n) is 1.69. The third-order valence-corrected chi connectivity index (χ3v) is 2.56. The van der Waals surface area contributed by atoms with E-state index in [0.29, 0.717) is 11.3 Å². The summed E-state index contributed by atoms with van der Waals surface area (Å²) in [7, 11) is 1.56. The summed E-state index contributed by atoms with van der Waals surface area (Å²) in [4.78, 5) is 11.8. The van der Waals surface area contributed by atoms with Crippen LogP contribution in [0.3, 0.4) is 0 Å². The average Bonchev–Trinajstić information content (AvgIpc) is 2.23. The van der Waals surface area contributed by atoms with Crippen LogP contribution >= 0.6 is 0 Å². The predicted octanol–water partition coefficient (Wildman–Crippen LogP) is 1.66. The van der Waals surface area contributed by atoms with E-state index in [2.05, 4.69) is 0 Å². The van der Waals surface area contributed by atoms with E-state index in [0.717, 1.165) is 5.56 Å². The quantitative estimate of drug-likeness (QED) is 0.756. The van der Waals surface area contributed by atoms with Crippen LogP contribution in [0, 0.1) is 0 Å². The molecule has 0 aromatic heterocycles. The molecule has 3 heteroatoms. The lowest BCUT2D eigenvalue weighted by atomic mass is 9.86. The van der Waals surface area contributed by atoms with Crippen LogP contribution in [0.25, 0.3) is 6.08 Å². The standard InChI is InChI=1S/C12H12O3/c1-12(14)7-6-8-9(11(12)13)4-3-5-10(8)15-2/h3-7,14H,1-2H3/t12-/m1/s1. The minimum absolute atomic E-state index is 0.293. The van der Waals surface area contributed by atoms with E-state index in [9.17, 15) is 9.90 Å². The van der Waals surface area contributed by atoms with Gasteiger partial charge in [-0.15, -0.1) is 0 Å². The number of aliphatic hydroxyl groups is 1. The van der Waals surface area contributed by atoms with Crippen LogP contribution < -0.4 is 4.74 Å². The number of hydrogen-bond acceptors (Lipinski definition) is 3. The van der Waals surface area contributed by atoms with Crippen molar-refractivity contribution in [1.29, 1.82) is 0 Å². The van der Waals surface area contributed by atoms with Gasteiger partial charge < -0.3 is 9.84 Å². The summed E-state index contributed by atoms with van der Waals surface area (Å²) in [5.41, 5.74) is -0.169. The monoisotopic (exact) mass is 204 g/mol. The first kappa shape index (κ1) is 9.93. The Labute approximate surface area is 88.0 Å². The molecule has 1 aromatic rings. The van der Waals surface area contributed by atoms with E-state index >= 15 is 0 Å². The molecule has 0 unspecified atom stereocenters. The summed E-state index contributed by atoms with van der Waals surface area (Å²) in [5, 5.41) is 9.78. The van der Waals surface area contributed by atoms with E-state index in [4.69, 9.17) is 4.74 Å². The first-order valence-electron chi connectivity index (χ1n) is 4.69. The largest absolute Gasteiger partial charge is 0.496 e. The molecule has 0 spiro atoms. The molecule has 78 valence electrons. The van der Waals surface area contributed by atoms with Gasteiger partial charge in [0.2, 0.25) is 0 Å². The summed E-state index contributed by atoms with van der Waals surface area (Å²) >= 11 is 0. The number of methoxy groups -OCH3 is 1. The minimum atomic E-state index is -1.40. The average molecular weight is 204 g/mol. The van der Waals surface area contributed by atoms with Gasteiger partial charge in [0.25, 0.3) is 0 Å². The van der Waals surface area contributed by atoms with Crippen LogP contribution in [-0.4, -0.2) is 23.6 Å². The van der Waals surface area contributed by atoms with Gasteiger partial charge in [-0.3, -0.25) is 4.79 Å². The summed E-state index contributed by atoms with van der Waals surface area (Å²) in [6.07, 6.45) is 3.20. The van der Waals surface area contributed by atoms with Gasteiger partial charge in [-0.05, 0) is 19.1 Å². The summed E-state index contributed by atoms with van der Waals surface area (Å²) in [6.45, 7) is 1.48. The summed E-state index contributed by atoms with van der Waals surface area (Å²) in [6, 6.07) is 5.22. The number of benzene rings is 1. The zero-order chi connectivity index (χ0) is 11.1. The van der Waals surface area contributed by atoms with E-state index in [1.807, 2.05) is 0 Å². The smallest absolute Gasteiger partial charge is 0.198 e. The lowest BCUT2D eigenvalue weighted by Gasteiger charge is -2.23. The maximum Gasteiger partial charge on any atom is 0.198 e. The van der Waals surface area contributed by atoms with Gasteiger partial charge in [0.05, 0.1) is 7.11 Å². The van der Waals surface area contributed by atoms with Gasteiger partial charge in [-0.1, -0.05) is 18.2 Å². The molecule has 2 rings (SSSR count). The second-order valence-corrected chi connectivity index (χ2v) is 3.73. The molecular weight excluding hydrogens is 192 g/mol. The second kappa shape index (κ2) is 3.21. The predicted molar refractivity (Wildman–Crippen MR) is 57.0 cm³/mol. The van der Waals surface area contributed by atoms with Gasteiger partial charge in [0.15, 0.2) is 5.78 Å². The van der Waals surface area contributed by atoms with Gasteiger partial charge >= 0.3 is 0 Å². The molecule has 0 saturated heterocycles. The number of Topliss-reactive ketones (excluding diaryl/α,β-unsaturated/α-hetero) is 1. The Hall–Kier alpha value is -1.61. The molecule has 1 aromatic carbocycles. The lowest BCUT2D eigenvalue weighted by molar-refractivity contribution is 0.0588. The fraction of sp³-hybridized carbons (Fsp3) is 0.250. The molecule has 0 aliphatic heterocycles. The SMILES string of the molecule is COc1cccc2c1C=C[C@@](C)(O)C2=O. The van der Waals surface area contributed by atoms with Crippen molar-refractivity contribution in [3.05, 3.63) is 35.4 Å². The van der Waals surface area contributed by atoms with Crippen LogP contribution in [0.15, 0.2) is 24.3 Å². The molecule has 1 N–H and O–H groups in total. The van der Waals surface area contributed by atoms with Crippen molar-refractivity contribution < 1.29 is 14.6 Å². The zero-order valence-corrected chi connectivity index (χ0v) is 8.65. The highest BCUT2D eigenvalue weighted by Gasteiger charge is 2.33. The molecule has 0 heterocycles. The maximum absolute atomic E-state index is 11.8. The number of carbonyl (C=O) groups is 1. The first-order valence-corrected chi connectivity index (χ1v) is 4.69. The normalized spacial score (nSPS) is 23.8. The van der Waals surface area contributed by atoms with E-state index in [1.54, 1.807) is 31.4 Å². The first-order chi connectivity index (χ1) is 7.06. The minimum Gasteiger partial charge on any atom is -0.496 e. The van der Waals surface area contributed by atoms with E-state index in [1.165, 1.54) is 13.0 Å². The highest BCUT2D eigenvalue weighted by molar-refractivity contribution is 6.09. The zero-order valence-electron chi connectivity index (χ0n) is 8.65. The van der Waals surface area contributed by atoms with Crippen molar-refractivity contribution >= 4 is 11.9 Å². The van der Waals surface area contributed by atoms with Crippen molar-refractivity contribution in [1.82, 2.24) is 0 Å². The number of ether oxygens (including phenoxy) is 1. The molecular formula is C12H12O3. The third kappa shape index (κ3) is 1.45. The Bertz CT molecular complexity index is 444. The molecule has 1 aliphatic rings. The Morgan fingerprint density at radius 2 is 2.13 bits per heavy atom. The van der Waals surface area contributed by atoms with E-state index < -0.39 is 5.60 Å². The van der Waals surface area contributed by atoms with Crippen LogP contribution in [0.5, 0.6) is 5.75 Å². The highest BCUT2D eigenvalue weighted by atomic mass is 16.5. The van der Waals surface area contributed by atoms with Gasteiger partial charge in [0.1, 0.15) is 11.4 Å². The number of carbonyl (C=O) groups excluding carboxylic acids is 1. The van der Waals surface area contributed by atoms with Crippen LogP contribution in [-0.2, 0) is 0 Å². The number of rotatable bonds is 1. The third-order valence-electron chi connectivity index (χ3n) is 2.56. The summed E-state index contributed by atoms with van der Waals surface area (Å²) in [5.74, 6) is 0.353. The Morgan fingerprint density at radius 1 is 1.40 bits per heavy atom.